The quantitative estimate of drug-likeness (QED) is 0.814. The molecule has 1 heterocycles. The lowest BCUT2D eigenvalue weighted by Crippen LogP contribution is -2.41. The van der Waals surface area contributed by atoms with Crippen molar-refractivity contribution in [3.05, 3.63) is 46.8 Å². The number of rotatable bonds is 5. The molecule has 0 radical (unpaired) electrons. The van der Waals surface area contributed by atoms with E-state index in [9.17, 15) is 9.59 Å². The van der Waals surface area contributed by atoms with Crippen molar-refractivity contribution in [1.29, 1.82) is 0 Å². The molecule has 0 aliphatic carbocycles. The van der Waals surface area contributed by atoms with Crippen molar-refractivity contribution < 1.29 is 23.6 Å². The summed E-state index contributed by atoms with van der Waals surface area (Å²) in [5.74, 6) is 0.860. The van der Waals surface area contributed by atoms with Gasteiger partial charge >= 0.3 is 6.09 Å². The summed E-state index contributed by atoms with van der Waals surface area (Å²) < 4.78 is 15.4. The first kappa shape index (κ1) is 17.3. The van der Waals surface area contributed by atoms with Gasteiger partial charge in [0.05, 0.1) is 17.9 Å². The van der Waals surface area contributed by atoms with Gasteiger partial charge in [-0.15, -0.1) is 0 Å². The Morgan fingerprint density at radius 3 is 2.46 bits per heavy atom. The molecule has 0 aliphatic rings. The molecule has 2 aromatic rings. The Labute approximate surface area is 139 Å². The van der Waals surface area contributed by atoms with Crippen molar-refractivity contribution in [1.82, 2.24) is 16.0 Å². The topological polar surface area (TPSA) is 103 Å². The summed E-state index contributed by atoms with van der Waals surface area (Å²) in [6.07, 6.45) is -0.717. The van der Waals surface area contributed by atoms with Crippen LogP contribution in [0, 0.1) is 13.8 Å². The molecule has 2 rings (SSSR count). The summed E-state index contributed by atoms with van der Waals surface area (Å²) in [5.41, 5.74) is 6.45. The number of nitrogens with one attached hydrogen (secondary N) is 2. The van der Waals surface area contributed by atoms with E-state index >= 15 is 0 Å². The van der Waals surface area contributed by atoms with Crippen LogP contribution in [0.25, 0.3) is 0 Å². The molecule has 0 aliphatic heterocycles. The second-order valence-corrected chi connectivity index (χ2v) is 4.92. The van der Waals surface area contributed by atoms with Gasteiger partial charge in [0.15, 0.2) is 0 Å². The normalized spacial score (nSPS) is 10.1. The maximum Gasteiger partial charge on any atom is 0.426 e. The summed E-state index contributed by atoms with van der Waals surface area (Å²) in [7, 11) is 0. The molecule has 8 nitrogen and oxygen atoms in total. The second kappa shape index (κ2) is 8.00. The Morgan fingerprint density at radius 2 is 1.88 bits per heavy atom. The summed E-state index contributed by atoms with van der Waals surface area (Å²) >= 11 is 0. The average Bonchev–Trinajstić information content (AvgIpc) is 2.90. The van der Waals surface area contributed by atoms with E-state index in [0.717, 1.165) is 11.3 Å². The Kier molecular flexibility index (Phi) is 5.78. The molecule has 1 aromatic heterocycles. The van der Waals surface area contributed by atoms with E-state index in [0.29, 0.717) is 23.7 Å². The van der Waals surface area contributed by atoms with Crippen LogP contribution < -0.4 is 15.6 Å². The van der Waals surface area contributed by atoms with E-state index in [4.69, 9.17) is 9.26 Å². The van der Waals surface area contributed by atoms with Gasteiger partial charge in [0, 0.05) is 5.56 Å². The number of benzene rings is 1. The van der Waals surface area contributed by atoms with Gasteiger partial charge in [0.2, 0.25) is 0 Å². The average molecular weight is 333 g/mol. The molecule has 0 spiro atoms. The minimum Gasteiger partial charge on any atom is -0.489 e. The molecule has 0 bridgehead atoms. The number of aromatic nitrogens is 1. The molecule has 128 valence electrons. The first-order chi connectivity index (χ1) is 11.5. The lowest BCUT2D eigenvalue weighted by molar-refractivity contribution is 0.0912. The number of carbonyl (C=O) groups is 2. The van der Waals surface area contributed by atoms with Crippen LogP contribution in [-0.2, 0) is 11.3 Å². The molecule has 0 unspecified atom stereocenters. The highest BCUT2D eigenvalue weighted by atomic mass is 16.6. The van der Waals surface area contributed by atoms with Gasteiger partial charge in [0.1, 0.15) is 18.1 Å². The van der Waals surface area contributed by atoms with E-state index in [1.165, 1.54) is 0 Å². The van der Waals surface area contributed by atoms with E-state index in [1.54, 1.807) is 31.2 Å². The zero-order valence-corrected chi connectivity index (χ0v) is 13.7. The lowest BCUT2D eigenvalue weighted by atomic mass is 10.2. The van der Waals surface area contributed by atoms with Gasteiger partial charge in [-0.25, -0.2) is 10.2 Å². The Balaban J connectivity index is 1.88. The maximum atomic E-state index is 11.9. The van der Waals surface area contributed by atoms with Gasteiger partial charge in [0.25, 0.3) is 5.91 Å². The maximum absolute atomic E-state index is 11.9. The monoisotopic (exact) mass is 333 g/mol. The summed E-state index contributed by atoms with van der Waals surface area (Å²) in [6.45, 7) is 5.89. The Bertz CT molecular complexity index is 690. The Morgan fingerprint density at radius 1 is 1.17 bits per heavy atom. The number of hydrazine groups is 1. The molecular weight excluding hydrogens is 314 g/mol. The van der Waals surface area contributed by atoms with Crippen molar-refractivity contribution in [3.8, 4) is 5.75 Å². The number of ether oxygens (including phenoxy) is 2. The van der Waals surface area contributed by atoms with Gasteiger partial charge in [-0.05, 0) is 45.0 Å². The van der Waals surface area contributed by atoms with Crippen LogP contribution in [-0.4, -0.2) is 23.8 Å². The smallest absolute Gasteiger partial charge is 0.426 e. The third-order valence-corrected chi connectivity index (χ3v) is 3.23. The van der Waals surface area contributed by atoms with Crippen LogP contribution >= 0.6 is 0 Å². The van der Waals surface area contributed by atoms with Crippen molar-refractivity contribution in [2.45, 2.75) is 27.4 Å². The van der Waals surface area contributed by atoms with E-state index in [1.807, 2.05) is 13.8 Å². The van der Waals surface area contributed by atoms with Crippen LogP contribution in [0.5, 0.6) is 5.75 Å². The van der Waals surface area contributed by atoms with Crippen molar-refractivity contribution >= 4 is 12.0 Å². The molecule has 0 fully saturated rings. The fourth-order valence-electron chi connectivity index (χ4n) is 1.91. The van der Waals surface area contributed by atoms with Crippen LogP contribution in [0.1, 0.15) is 34.3 Å². The zero-order valence-electron chi connectivity index (χ0n) is 13.7. The van der Waals surface area contributed by atoms with Crippen molar-refractivity contribution in [3.63, 3.8) is 0 Å². The number of amides is 2. The Hall–Kier alpha value is -3.03. The first-order valence-corrected chi connectivity index (χ1v) is 7.39. The number of carbonyl (C=O) groups excluding carboxylic acids is 2. The molecular formula is C16H19N3O5. The van der Waals surface area contributed by atoms with Gasteiger partial charge in [-0.2, -0.15) is 0 Å². The minimum atomic E-state index is -0.717. The fourth-order valence-corrected chi connectivity index (χ4v) is 1.91. The third kappa shape index (κ3) is 4.48. The number of aryl methyl sites for hydroxylation is 2. The standard InChI is InChI=1S/C16H19N3O5/c1-4-22-16(21)18-17-15(20)12-5-7-13(8-6-12)23-9-14-10(2)19-24-11(14)3/h5-8H,4,9H2,1-3H3,(H,17,20)(H,18,21). The SMILES string of the molecule is CCOC(=O)NNC(=O)c1ccc(OCc2c(C)noc2C)cc1. The highest BCUT2D eigenvalue weighted by Crippen LogP contribution is 2.17. The molecule has 2 amide bonds. The highest BCUT2D eigenvalue weighted by molar-refractivity contribution is 5.95. The number of nitrogens with zero attached hydrogens (tertiary/aromatic N) is 1. The fraction of sp³-hybridized carbons (Fsp3) is 0.312. The predicted octanol–water partition coefficient (Wildman–Crippen LogP) is 2.26. The van der Waals surface area contributed by atoms with E-state index in [2.05, 4.69) is 20.7 Å². The van der Waals surface area contributed by atoms with Gasteiger partial charge in [-0.3, -0.25) is 10.2 Å². The number of hydrogen-bond acceptors (Lipinski definition) is 6. The van der Waals surface area contributed by atoms with E-state index in [-0.39, 0.29) is 6.61 Å². The van der Waals surface area contributed by atoms with Gasteiger partial charge < -0.3 is 14.0 Å². The zero-order chi connectivity index (χ0) is 17.5. The highest BCUT2D eigenvalue weighted by Gasteiger charge is 2.11. The lowest BCUT2D eigenvalue weighted by Gasteiger charge is -2.08. The largest absolute Gasteiger partial charge is 0.489 e. The molecule has 0 saturated carbocycles. The molecule has 8 heteroatoms. The molecule has 24 heavy (non-hydrogen) atoms. The van der Waals surface area contributed by atoms with Crippen LogP contribution in [0.4, 0.5) is 4.79 Å². The summed E-state index contributed by atoms with van der Waals surface area (Å²) in [5, 5.41) is 3.86. The minimum absolute atomic E-state index is 0.221. The second-order valence-electron chi connectivity index (χ2n) is 4.92. The molecule has 2 N–H and O–H groups in total. The molecule has 0 atom stereocenters. The first-order valence-electron chi connectivity index (χ1n) is 7.39. The predicted molar refractivity (Wildman–Crippen MR) is 84.4 cm³/mol. The van der Waals surface area contributed by atoms with Crippen molar-refractivity contribution in [2.75, 3.05) is 6.61 Å². The third-order valence-electron chi connectivity index (χ3n) is 3.23. The molecule has 1 aromatic carbocycles. The van der Waals surface area contributed by atoms with Gasteiger partial charge in [-0.1, -0.05) is 5.16 Å². The van der Waals surface area contributed by atoms with Crippen LogP contribution in [0.2, 0.25) is 0 Å². The number of hydrogen-bond donors (Lipinski definition) is 2. The summed E-state index contributed by atoms with van der Waals surface area (Å²) in [6, 6.07) is 6.50. The van der Waals surface area contributed by atoms with Crippen LogP contribution in [0.3, 0.4) is 0 Å². The van der Waals surface area contributed by atoms with Crippen molar-refractivity contribution in [2.24, 2.45) is 0 Å². The molecule has 0 saturated heterocycles. The summed E-state index contributed by atoms with van der Waals surface area (Å²) in [4.78, 5) is 23.0. The van der Waals surface area contributed by atoms with Crippen LogP contribution in [0.15, 0.2) is 28.8 Å². The van der Waals surface area contributed by atoms with E-state index < -0.39 is 12.0 Å².